The zero-order chi connectivity index (χ0) is 18.4. The first kappa shape index (κ1) is 19.0. The van der Waals surface area contributed by atoms with Gasteiger partial charge in [0.1, 0.15) is 0 Å². The molecule has 0 atom stereocenters. The van der Waals surface area contributed by atoms with Gasteiger partial charge >= 0.3 is 0 Å². The Labute approximate surface area is 151 Å². The third-order valence-corrected chi connectivity index (χ3v) is 3.69. The number of carbonyl (C=O) groups excluding carboxylic acids is 2. The lowest BCUT2D eigenvalue weighted by atomic mass is 10.1. The van der Waals surface area contributed by atoms with Crippen LogP contribution < -0.4 is 10.6 Å². The van der Waals surface area contributed by atoms with Crippen molar-refractivity contribution in [2.75, 3.05) is 30.8 Å². The van der Waals surface area contributed by atoms with E-state index >= 15 is 0 Å². The summed E-state index contributed by atoms with van der Waals surface area (Å²) in [5.74, 6) is -0.0436. The Hall–Kier alpha value is -2.38. The molecule has 0 fully saturated rings. The zero-order valence-corrected chi connectivity index (χ0v) is 15.1. The molecule has 1 aromatic carbocycles. The molecule has 0 aliphatic rings. The predicted molar refractivity (Wildman–Crippen MR) is 96.8 cm³/mol. The fourth-order valence-electron chi connectivity index (χ4n) is 2.10. The van der Waals surface area contributed by atoms with Crippen molar-refractivity contribution in [2.45, 2.75) is 19.8 Å². The van der Waals surface area contributed by atoms with Gasteiger partial charge in [-0.1, -0.05) is 42.7 Å². The van der Waals surface area contributed by atoms with Gasteiger partial charge in [0.25, 0.3) is 0 Å². The molecule has 25 heavy (non-hydrogen) atoms. The normalized spacial score (nSPS) is 11.0. The highest BCUT2D eigenvalue weighted by atomic mass is 35.5. The van der Waals surface area contributed by atoms with Gasteiger partial charge in [-0.05, 0) is 25.1 Å². The van der Waals surface area contributed by atoms with Gasteiger partial charge in [-0.3, -0.25) is 19.8 Å². The van der Waals surface area contributed by atoms with E-state index < -0.39 is 0 Å². The minimum atomic E-state index is -0.292. The molecule has 0 unspecified atom stereocenters. The van der Waals surface area contributed by atoms with Crippen LogP contribution in [0.4, 0.5) is 11.6 Å². The van der Waals surface area contributed by atoms with Crippen LogP contribution in [0.2, 0.25) is 5.02 Å². The molecule has 1 heterocycles. The van der Waals surface area contributed by atoms with Crippen molar-refractivity contribution in [1.29, 1.82) is 0 Å². The summed E-state index contributed by atoms with van der Waals surface area (Å²) in [4.78, 5) is 25.6. The fourth-order valence-corrected chi connectivity index (χ4v) is 2.28. The largest absolute Gasteiger partial charge is 0.338 e. The van der Waals surface area contributed by atoms with Crippen LogP contribution >= 0.6 is 11.6 Å². The number of aromatic nitrogens is 1. The molecule has 8 heteroatoms. The number of halogens is 1. The summed E-state index contributed by atoms with van der Waals surface area (Å²) in [7, 11) is 1.67. The lowest BCUT2D eigenvalue weighted by molar-refractivity contribution is -0.119. The van der Waals surface area contributed by atoms with Crippen molar-refractivity contribution in [3.05, 3.63) is 41.0 Å². The second kappa shape index (κ2) is 8.64. The summed E-state index contributed by atoms with van der Waals surface area (Å²) in [6, 6.07) is 8.65. The maximum Gasteiger partial charge on any atom is 0.240 e. The van der Waals surface area contributed by atoms with Crippen molar-refractivity contribution < 1.29 is 14.1 Å². The van der Waals surface area contributed by atoms with Crippen LogP contribution in [-0.2, 0) is 9.59 Å². The van der Waals surface area contributed by atoms with Crippen molar-refractivity contribution in [3.63, 3.8) is 0 Å². The third kappa shape index (κ3) is 5.88. The number of rotatable bonds is 7. The highest BCUT2D eigenvalue weighted by molar-refractivity contribution is 6.33. The molecule has 0 saturated carbocycles. The third-order valence-electron chi connectivity index (χ3n) is 3.36. The zero-order valence-electron chi connectivity index (χ0n) is 14.4. The average Bonchev–Trinajstić information content (AvgIpc) is 2.97. The molecule has 1 aromatic heterocycles. The summed E-state index contributed by atoms with van der Waals surface area (Å²) in [6.45, 7) is 4.05. The monoisotopic (exact) mass is 364 g/mol. The van der Waals surface area contributed by atoms with Crippen molar-refractivity contribution in [3.8, 4) is 0 Å². The van der Waals surface area contributed by atoms with Crippen molar-refractivity contribution >= 4 is 35.0 Å². The van der Waals surface area contributed by atoms with Gasteiger partial charge < -0.3 is 9.84 Å². The van der Waals surface area contributed by atoms with E-state index in [0.29, 0.717) is 16.6 Å². The van der Waals surface area contributed by atoms with Crippen LogP contribution in [0.1, 0.15) is 25.5 Å². The first-order chi connectivity index (χ1) is 11.8. The van der Waals surface area contributed by atoms with E-state index in [2.05, 4.69) is 15.8 Å². The Morgan fingerprint density at radius 2 is 1.84 bits per heavy atom. The number of nitrogens with one attached hydrogen (secondary N) is 2. The summed E-state index contributed by atoms with van der Waals surface area (Å²) < 4.78 is 5.06. The SMILES string of the molecule is CC(C)c1cc(NC(=O)CN(C)CC(=O)Nc2ccccc2Cl)on1. The van der Waals surface area contributed by atoms with Gasteiger partial charge in [0.2, 0.25) is 17.7 Å². The molecular formula is C17H21ClN4O3. The summed E-state index contributed by atoms with van der Waals surface area (Å²) in [5.41, 5.74) is 1.30. The maximum atomic E-state index is 12.0. The molecule has 134 valence electrons. The van der Waals surface area contributed by atoms with E-state index in [1.165, 1.54) is 0 Å². The number of amides is 2. The second-order valence-electron chi connectivity index (χ2n) is 6.02. The first-order valence-electron chi connectivity index (χ1n) is 7.84. The van der Waals surface area contributed by atoms with Gasteiger partial charge in [0.05, 0.1) is 29.5 Å². The van der Waals surface area contributed by atoms with Gasteiger partial charge in [0, 0.05) is 6.07 Å². The molecular weight excluding hydrogens is 344 g/mol. The van der Waals surface area contributed by atoms with Crippen LogP contribution in [0.15, 0.2) is 34.9 Å². The smallest absolute Gasteiger partial charge is 0.240 e. The molecule has 0 aliphatic carbocycles. The highest BCUT2D eigenvalue weighted by Crippen LogP contribution is 2.20. The lowest BCUT2D eigenvalue weighted by Gasteiger charge is -2.15. The Bertz CT molecular complexity index is 745. The average molecular weight is 365 g/mol. The number of carbonyl (C=O) groups is 2. The van der Waals surface area contributed by atoms with Crippen molar-refractivity contribution in [2.24, 2.45) is 0 Å². The molecule has 2 amide bonds. The summed E-state index contributed by atoms with van der Waals surface area (Å²) >= 11 is 5.99. The Balaban J connectivity index is 1.80. The molecule has 0 bridgehead atoms. The van der Waals surface area contributed by atoms with Crippen LogP contribution in [0.25, 0.3) is 0 Å². The minimum Gasteiger partial charge on any atom is -0.338 e. The topological polar surface area (TPSA) is 87.5 Å². The van der Waals surface area contributed by atoms with Crippen LogP contribution in [0.3, 0.4) is 0 Å². The molecule has 7 nitrogen and oxygen atoms in total. The molecule has 2 N–H and O–H groups in total. The maximum absolute atomic E-state index is 12.0. The minimum absolute atomic E-state index is 0.0354. The van der Waals surface area contributed by atoms with Crippen molar-refractivity contribution in [1.82, 2.24) is 10.1 Å². The van der Waals surface area contributed by atoms with E-state index in [4.69, 9.17) is 16.1 Å². The van der Waals surface area contributed by atoms with E-state index in [1.54, 1.807) is 42.3 Å². The van der Waals surface area contributed by atoms with E-state index in [-0.39, 0.29) is 30.8 Å². The molecule has 2 rings (SSSR count). The molecule has 0 radical (unpaired) electrons. The van der Waals surface area contributed by atoms with Gasteiger partial charge in [-0.25, -0.2) is 0 Å². The summed E-state index contributed by atoms with van der Waals surface area (Å²) in [5, 5.41) is 9.66. The molecule has 0 saturated heterocycles. The fraction of sp³-hybridized carbons (Fsp3) is 0.353. The van der Waals surface area contributed by atoms with Gasteiger partial charge in [-0.15, -0.1) is 0 Å². The first-order valence-corrected chi connectivity index (χ1v) is 8.22. The summed E-state index contributed by atoms with van der Waals surface area (Å²) in [6.07, 6.45) is 0. The van der Waals surface area contributed by atoms with Crippen LogP contribution in [0.5, 0.6) is 0 Å². The van der Waals surface area contributed by atoms with Gasteiger partial charge in [0.15, 0.2) is 0 Å². The predicted octanol–water partition coefficient (Wildman–Crippen LogP) is 2.96. The second-order valence-corrected chi connectivity index (χ2v) is 6.43. The van der Waals surface area contributed by atoms with Gasteiger partial charge in [-0.2, -0.15) is 0 Å². The number of para-hydroxylation sites is 1. The molecule has 0 aliphatic heterocycles. The highest BCUT2D eigenvalue weighted by Gasteiger charge is 2.14. The van der Waals surface area contributed by atoms with Crippen LogP contribution in [-0.4, -0.2) is 42.0 Å². The number of nitrogens with zero attached hydrogens (tertiary/aromatic N) is 2. The number of anilines is 2. The number of hydrogen-bond acceptors (Lipinski definition) is 5. The number of hydrogen-bond donors (Lipinski definition) is 2. The standard InChI is InChI=1S/C17H21ClN4O3/c1-11(2)14-8-17(25-21-14)20-16(24)10-22(3)9-15(23)19-13-7-5-4-6-12(13)18/h4-8,11H,9-10H2,1-3H3,(H,19,23)(H,20,24). The van der Waals surface area contributed by atoms with E-state index in [1.807, 2.05) is 13.8 Å². The lowest BCUT2D eigenvalue weighted by Crippen LogP contribution is -2.36. The van der Waals surface area contributed by atoms with Crippen LogP contribution in [0, 0.1) is 0 Å². The van der Waals surface area contributed by atoms with E-state index in [0.717, 1.165) is 5.69 Å². The molecule has 2 aromatic rings. The number of likely N-dealkylation sites (N-methyl/N-ethyl adjacent to an activating group) is 1. The number of benzene rings is 1. The molecule has 0 spiro atoms. The Morgan fingerprint density at radius 3 is 2.44 bits per heavy atom. The van der Waals surface area contributed by atoms with E-state index in [9.17, 15) is 9.59 Å². The Morgan fingerprint density at radius 1 is 1.20 bits per heavy atom. The Kier molecular flexibility index (Phi) is 6.55. The quantitative estimate of drug-likeness (QED) is 0.788.